The number of aliphatic hydroxyl groups excluding tert-OH is 2. The molecular weight excluding hydrogens is 253 g/mol. The first-order valence-electron chi connectivity index (χ1n) is 4.97. The van der Waals surface area contributed by atoms with Crippen LogP contribution < -0.4 is 0 Å². The molecule has 6 heteroatoms. The van der Waals surface area contributed by atoms with Crippen molar-refractivity contribution in [3.8, 4) is 0 Å². The fourth-order valence-corrected chi connectivity index (χ4v) is 2.17. The second kappa shape index (κ2) is 5.75. The van der Waals surface area contributed by atoms with E-state index >= 15 is 0 Å². The van der Waals surface area contributed by atoms with Gasteiger partial charge in [0.1, 0.15) is 0 Å². The Labute approximate surface area is 101 Å². The molecule has 0 spiro atoms. The number of halogens is 3. The zero-order valence-electron chi connectivity index (χ0n) is 9.16. The van der Waals surface area contributed by atoms with E-state index in [1.165, 1.54) is 12.1 Å². The summed E-state index contributed by atoms with van der Waals surface area (Å²) in [5.41, 5.74) is -0.964. The largest absolute Gasteiger partial charge is 0.416 e. The Morgan fingerprint density at radius 2 is 1.94 bits per heavy atom. The maximum Gasteiger partial charge on any atom is 0.416 e. The Morgan fingerprint density at radius 3 is 2.41 bits per heavy atom. The zero-order valence-corrected chi connectivity index (χ0v) is 9.98. The van der Waals surface area contributed by atoms with E-state index < -0.39 is 18.3 Å². The van der Waals surface area contributed by atoms with E-state index in [2.05, 4.69) is 0 Å². The number of rotatable bonds is 4. The number of hydrogen-bond acceptors (Lipinski definition) is 3. The second-order valence-corrected chi connectivity index (χ2v) is 5.10. The SMILES string of the molecule is CC(CO)Sc1ccc(CO)c(C(F)(F)F)c1. The van der Waals surface area contributed by atoms with E-state index in [-0.39, 0.29) is 17.4 Å². The normalized spacial score (nSPS) is 13.8. The smallest absolute Gasteiger partial charge is 0.395 e. The first kappa shape index (κ1) is 14.3. The maximum atomic E-state index is 12.7. The number of alkyl halides is 3. The maximum absolute atomic E-state index is 12.7. The minimum Gasteiger partial charge on any atom is -0.395 e. The number of hydrogen-bond donors (Lipinski definition) is 2. The Kier molecular flexibility index (Phi) is 4.85. The van der Waals surface area contributed by atoms with E-state index in [4.69, 9.17) is 10.2 Å². The van der Waals surface area contributed by atoms with Crippen LogP contribution in [0.3, 0.4) is 0 Å². The van der Waals surface area contributed by atoms with Crippen LogP contribution in [0, 0.1) is 0 Å². The molecule has 1 aromatic carbocycles. The molecule has 0 bridgehead atoms. The molecule has 1 atom stereocenters. The average molecular weight is 266 g/mol. The predicted molar refractivity (Wildman–Crippen MR) is 59.8 cm³/mol. The van der Waals surface area contributed by atoms with E-state index in [0.717, 1.165) is 17.8 Å². The van der Waals surface area contributed by atoms with Crippen LogP contribution >= 0.6 is 11.8 Å². The lowest BCUT2D eigenvalue weighted by Gasteiger charge is -2.14. The third kappa shape index (κ3) is 3.90. The Morgan fingerprint density at radius 1 is 1.29 bits per heavy atom. The van der Waals surface area contributed by atoms with Crippen molar-refractivity contribution in [2.45, 2.75) is 29.9 Å². The fraction of sp³-hybridized carbons (Fsp3) is 0.455. The van der Waals surface area contributed by atoms with Gasteiger partial charge in [-0.2, -0.15) is 13.2 Å². The monoisotopic (exact) mass is 266 g/mol. The van der Waals surface area contributed by atoms with Gasteiger partial charge in [0.25, 0.3) is 0 Å². The van der Waals surface area contributed by atoms with Gasteiger partial charge in [0.05, 0.1) is 18.8 Å². The minimum absolute atomic E-state index is 0.103. The summed E-state index contributed by atoms with van der Waals surface area (Å²) in [6.07, 6.45) is -4.48. The average Bonchev–Trinajstić information content (AvgIpc) is 2.27. The highest BCUT2D eigenvalue weighted by molar-refractivity contribution is 8.00. The molecule has 96 valence electrons. The van der Waals surface area contributed by atoms with Crippen molar-refractivity contribution in [2.75, 3.05) is 6.61 Å². The molecule has 0 aliphatic heterocycles. The predicted octanol–water partition coefficient (Wildman–Crippen LogP) is 2.67. The topological polar surface area (TPSA) is 40.5 Å². The van der Waals surface area contributed by atoms with Gasteiger partial charge >= 0.3 is 6.18 Å². The quantitative estimate of drug-likeness (QED) is 0.823. The third-order valence-corrected chi connectivity index (χ3v) is 3.23. The fourth-order valence-electron chi connectivity index (χ4n) is 1.30. The molecule has 0 radical (unpaired) electrons. The lowest BCUT2D eigenvalue weighted by atomic mass is 10.1. The van der Waals surface area contributed by atoms with Crippen molar-refractivity contribution >= 4 is 11.8 Å². The second-order valence-electron chi connectivity index (χ2n) is 3.59. The van der Waals surface area contributed by atoms with Crippen LogP contribution in [0.15, 0.2) is 23.1 Å². The molecule has 1 rings (SSSR count). The van der Waals surface area contributed by atoms with Gasteiger partial charge < -0.3 is 10.2 Å². The van der Waals surface area contributed by atoms with Crippen molar-refractivity contribution < 1.29 is 23.4 Å². The first-order chi connectivity index (χ1) is 7.88. The van der Waals surface area contributed by atoms with Crippen LogP contribution in [0.1, 0.15) is 18.1 Å². The number of aliphatic hydroxyl groups is 2. The van der Waals surface area contributed by atoms with Gasteiger partial charge in [-0.05, 0) is 17.7 Å². The molecule has 0 aliphatic carbocycles. The molecule has 0 heterocycles. The lowest BCUT2D eigenvalue weighted by molar-refractivity contribution is -0.138. The van der Waals surface area contributed by atoms with Crippen LogP contribution in [0.4, 0.5) is 13.2 Å². The Bertz CT molecular complexity index is 379. The van der Waals surface area contributed by atoms with Gasteiger partial charge in [-0.25, -0.2) is 0 Å². The van der Waals surface area contributed by atoms with Crippen molar-refractivity contribution in [2.24, 2.45) is 0 Å². The molecule has 0 aromatic heterocycles. The van der Waals surface area contributed by atoms with Crippen LogP contribution in [0.25, 0.3) is 0 Å². The molecule has 1 unspecified atom stereocenters. The van der Waals surface area contributed by atoms with Crippen LogP contribution in [0.2, 0.25) is 0 Å². The van der Waals surface area contributed by atoms with E-state index in [1.54, 1.807) is 6.92 Å². The lowest BCUT2D eigenvalue weighted by Crippen LogP contribution is -2.10. The van der Waals surface area contributed by atoms with Crippen molar-refractivity contribution in [3.63, 3.8) is 0 Å². The first-order valence-corrected chi connectivity index (χ1v) is 5.85. The highest BCUT2D eigenvalue weighted by Gasteiger charge is 2.33. The van der Waals surface area contributed by atoms with Gasteiger partial charge in [0.15, 0.2) is 0 Å². The summed E-state index contributed by atoms with van der Waals surface area (Å²) in [5, 5.41) is 17.5. The molecule has 1 aromatic rings. The van der Waals surface area contributed by atoms with Crippen LogP contribution in [0.5, 0.6) is 0 Å². The molecule has 2 nitrogen and oxygen atoms in total. The van der Waals surface area contributed by atoms with Crippen molar-refractivity contribution in [1.82, 2.24) is 0 Å². The van der Waals surface area contributed by atoms with Crippen LogP contribution in [-0.2, 0) is 12.8 Å². The zero-order chi connectivity index (χ0) is 13.1. The number of benzene rings is 1. The van der Waals surface area contributed by atoms with Crippen LogP contribution in [-0.4, -0.2) is 22.1 Å². The summed E-state index contributed by atoms with van der Waals surface area (Å²) in [6.45, 7) is 0.973. The molecule has 0 amide bonds. The molecule has 0 saturated heterocycles. The number of thioether (sulfide) groups is 1. The van der Waals surface area contributed by atoms with Gasteiger partial charge in [-0.3, -0.25) is 0 Å². The highest BCUT2D eigenvalue weighted by atomic mass is 32.2. The van der Waals surface area contributed by atoms with E-state index in [0.29, 0.717) is 4.90 Å². The Hall–Kier alpha value is -0.720. The summed E-state index contributed by atoms with van der Waals surface area (Å²) >= 11 is 1.16. The van der Waals surface area contributed by atoms with Gasteiger partial charge in [0, 0.05) is 10.1 Å². The Balaban J connectivity index is 3.05. The van der Waals surface area contributed by atoms with Gasteiger partial charge in [0.2, 0.25) is 0 Å². The third-order valence-electron chi connectivity index (χ3n) is 2.15. The van der Waals surface area contributed by atoms with Gasteiger partial charge in [-0.15, -0.1) is 11.8 Å². The summed E-state index contributed by atoms with van der Waals surface area (Å²) in [5.74, 6) is 0. The molecule has 17 heavy (non-hydrogen) atoms. The summed E-state index contributed by atoms with van der Waals surface area (Å²) in [4.78, 5) is 0.427. The summed E-state index contributed by atoms with van der Waals surface area (Å²) in [7, 11) is 0. The van der Waals surface area contributed by atoms with E-state index in [1.807, 2.05) is 0 Å². The van der Waals surface area contributed by atoms with E-state index in [9.17, 15) is 13.2 Å². The summed E-state index contributed by atoms with van der Waals surface area (Å²) in [6, 6.07) is 3.77. The molecular formula is C11H13F3O2S. The molecule has 2 N–H and O–H groups in total. The highest BCUT2D eigenvalue weighted by Crippen LogP contribution is 2.35. The standard InChI is InChI=1S/C11H13F3O2S/c1-7(5-15)17-9-3-2-8(6-16)10(4-9)11(12,13)14/h2-4,7,15-16H,5-6H2,1H3. The summed E-state index contributed by atoms with van der Waals surface area (Å²) < 4.78 is 38.0. The molecule has 0 aliphatic rings. The minimum atomic E-state index is -4.48. The van der Waals surface area contributed by atoms with Crippen molar-refractivity contribution in [1.29, 1.82) is 0 Å². The molecule has 0 fully saturated rings. The molecule has 0 saturated carbocycles. The van der Waals surface area contributed by atoms with Crippen molar-refractivity contribution in [3.05, 3.63) is 29.3 Å². The van der Waals surface area contributed by atoms with Gasteiger partial charge in [-0.1, -0.05) is 13.0 Å².